The van der Waals surface area contributed by atoms with Crippen molar-refractivity contribution in [3.8, 4) is 0 Å². The summed E-state index contributed by atoms with van der Waals surface area (Å²) in [5.74, 6) is -4.20. The van der Waals surface area contributed by atoms with Gasteiger partial charge in [0, 0.05) is 23.8 Å². The maximum absolute atomic E-state index is 10.3. The molecule has 1 aliphatic rings. The van der Waals surface area contributed by atoms with Crippen molar-refractivity contribution in [2.24, 2.45) is 11.8 Å². The van der Waals surface area contributed by atoms with Crippen LogP contribution in [-0.4, -0.2) is 49.7 Å². The fourth-order valence-corrected chi connectivity index (χ4v) is 1.52. The first kappa shape index (κ1) is 12.2. The van der Waals surface area contributed by atoms with Crippen LogP contribution in [0.1, 0.15) is 19.3 Å². The average Bonchev–Trinajstić information content (AvgIpc) is 2.32. The molecule has 2 atom stereocenters. The Morgan fingerprint density at radius 2 is 1.33 bits per heavy atom. The summed E-state index contributed by atoms with van der Waals surface area (Å²) in [7, 11) is 0. The van der Waals surface area contributed by atoms with E-state index < -0.39 is 23.8 Å². The molecule has 0 aliphatic heterocycles. The summed E-state index contributed by atoms with van der Waals surface area (Å²) < 4.78 is 0. The topological polar surface area (TPSA) is 80.3 Å². The van der Waals surface area contributed by atoms with Gasteiger partial charge < -0.3 is 19.8 Å². The van der Waals surface area contributed by atoms with Gasteiger partial charge in [-0.2, -0.15) is 0 Å². The van der Waals surface area contributed by atoms with E-state index in [2.05, 4.69) is 0 Å². The van der Waals surface area contributed by atoms with Gasteiger partial charge in [-0.25, -0.2) is 0 Å². The molecule has 0 radical (unpaired) electrons. The van der Waals surface area contributed by atoms with Gasteiger partial charge in [0.05, 0.1) is 0 Å². The van der Waals surface area contributed by atoms with Crippen LogP contribution in [0.15, 0.2) is 0 Å². The third kappa shape index (κ3) is 2.61. The van der Waals surface area contributed by atoms with E-state index >= 15 is 0 Å². The zero-order valence-corrected chi connectivity index (χ0v) is 8.82. The zero-order valence-electron chi connectivity index (χ0n) is 6.62. The smallest absolute Gasteiger partial charge is 0.550 e. The van der Waals surface area contributed by atoms with Crippen LogP contribution in [0.2, 0.25) is 0 Å². The average molecular weight is 196 g/mol. The summed E-state index contributed by atoms with van der Waals surface area (Å²) in [6.45, 7) is 0. The number of carboxylic acids is 2. The Balaban J connectivity index is 0.00000121. The molecule has 4 nitrogen and oxygen atoms in total. The first-order valence-electron chi connectivity index (χ1n) is 3.54. The van der Waals surface area contributed by atoms with Crippen LogP contribution in [0.3, 0.4) is 0 Å². The first-order valence-corrected chi connectivity index (χ1v) is 3.54. The maximum atomic E-state index is 10.3. The van der Waals surface area contributed by atoms with Crippen molar-refractivity contribution in [3.63, 3.8) is 0 Å². The van der Waals surface area contributed by atoms with E-state index in [1.54, 1.807) is 0 Å². The molecule has 2 unspecified atom stereocenters. The van der Waals surface area contributed by atoms with Crippen LogP contribution in [0.25, 0.3) is 0 Å². The first-order chi connectivity index (χ1) is 5.13. The molecule has 0 N–H and O–H groups in total. The van der Waals surface area contributed by atoms with Gasteiger partial charge in [0.1, 0.15) is 0 Å². The van der Waals surface area contributed by atoms with Gasteiger partial charge in [0.15, 0.2) is 0 Å². The minimum absolute atomic E-state index is 0. The van der Waals surface area contributed by atoms with Crippen LogP contribution < -0.4 is 10.2 Å². The predicted molar refractivity (Wildman–Crippen MR) is 36.6 cm³/mol. The van der Waals surface area contributed by atoms with E-state index in [9.17, 15) is 19.8 Å². The molecule has 0 bridgehead atoms. The molecular formula is C7H8CaO4. The molecular weight excluding hydrogens is 188 g/mol. The number of aliphatic carboxylic acids is 2. The number of rotatable bonds is 2. The summed E-state index contributed by atoms with van der Waals surface area (Å²) in [6, 6.07) is 0. The molecule has 0 aromatic heterocycles. The summed E-state index contributed by atoms with van der Waals surface area (Å²) in [5.41, 5.74) is 0. The third-order valence-corrected chi connectivity index (χ3v) is 2.12. The molecule has 1 saturated carbocycles. The number of carbonyl (C=O) groups excluding carboxylic acids is 2. The Morgan fingerprint density at radius 3 is 1.58 bits per heavy atom. The number of carbonyl (C=O) groups is 2. The van der Waals surface area contributed by atoms with Crippen molar-refractivity contribution < 1.29 is 19.8 Å². The number of hydrogen-bond acceptors (Lipinski definition) is 4. The number of hydrogen-bond donors (Lipinski definition) is 0. The summed E-state index contributed by atoms with van der Waals surface area (Å²) in [5, 5.41) is 20.6. The van der Waals surface area contributed by atoms with Crippen LogP contribution in [-0.2, 0) is 9.59 Å². The molecule has 0 heterocycles. The second-order valence-electron chi connectivity index (χ2n) is 2.78. The van der Waals surface area contributed by atoms with E-state index in [0.29, 0.717) is 19.3 Å². The molecule has 12 heavy (non-hydrogen) atoms. The van der Waals surface area contributed by atoms with Crippen molar-refractivity contribution in [1.82, 2.24) is 0 Å². The second kappa shape index (κ2) is 5.04. The fraction of sp³-hybridized carbons (Fsp3) is 0.714. The summed E-state index contributed by atoms with van der Waals surface area (Å²) in [4.78, 5) is 20.6. The summed E-state index contributed by atoms with van der Waals surface area (Å²) >= 11 is 0. The predicted octanol–water partition coefficient (Wildman–Crippen LogP) is -2.48. The van der Waals surface area contributed by atoms with Gasteiger partial charge in [-0.05, 0) is 12.8 Å². The molecule has 0 aromatic rings. The van der Waals surface area contributed by atoms with Gasteiger partial charge in [-0.3, -0.25) is 0 Å². The van der Waals surface area contributed by atoms with Gasteiger partial charge in [0.2, 0.25) is 0 Å². The fourth-order valence-electron chi connectivity index (χ4n) is 1.52. The normalized spacial score (nSPS) is 27.7. The zero-order chi connectivity index (χ0) is 8.43. The van der Waals surface area contributed by atoms with Crippen molar-refractivity contribution in [1.29, 1.82) is 0 Å². The molecule has 5 heteroatoms. The Bertz CT molecular complexity index is 172. The monoisotopic (exact) mass is 196 g/mol. The quantitative estimate of drug-likeness (QED) is 0.458. The molecule has 62 valence electrons. The molecule has 0 spiro atoms. The van der Waals surface area contributed by atoms with Crippen LogP contribution in [0, 0.1) is 11.8 Å². The Labute approximate surface area is 100.0 Å². The molecule has 0 aromatic carbocycles. The second-order valence-corrected chi connectivity index (χ2v) is 2.78. The maximum Gasteiger partial charge on any atom is 2.00 e. The van der Waals surface area contributed by atoms with E-state index in [1.165, 1.54) is 0 Å². The van der Waals surface area contributed by atoms with Crippen LogP contribution in [0.4, 0.5) is 0 Å². The van der Waals surface area contributed by atoms with Gasteiger partial charge in [0.25, 0.3) is 0 Å². The van der Waals surface area contributed by atoms with Gasteiger partial charge in [-0.1, -0.05) is 6.42 Å². The van der Waals surface area contributed by atoms with Crippen molar-refractivity contribution in [2.75, 3.05) is 0 Å². The minimum atomic E-state index is -1.27. The Hall–Kier alpha value is 0.200. The molecule has 1 fully saturated rings. The van der Waals surface area contributed by atoms with E-state index in [-0.39, 0.29) is 37.7 Å². The molecule has 0 amide bonds. The number of carboxylic acid groups (broad SMARTS) is 2. The molecule has 0 saturated heterocycles. The minimum Gasteiger partial charge on any atom is -0.550 e. The van der Waals surface area contributed by atoms with Crippen molar-refractivity contribution >= 4 is 49.7 Å². The molecule has 1 rings (SSSR count). The van der Waals surface area contributed by atoms with Gasteiger partial charge in [-0.15, -0.1) is 0 Å². The standard InChI is InChI=1S/C7H10O4.Ca/c8-6(9)4-2-1-3-5(4)7(10)11;/h4-5H,1-3H2,(H,8,9)(H,10,11);/q;+2/p-2. The third-order valence-electron chi connectivity index (χ3n) is 2.12. The van der Waals surface area contributed by atoms with Crippen molar-refractivity contribution in [3.05, 3.63) is 0 Å². The van der Waals surface area contributed by atoms with Gasteiger partial charge >= 0.3 is 37.7 Å². The van der Waals surface area contributed by atoms with E-state index in [4.69, 9.17) is 0 Å². The van der Waals surface area contributed by atoms with Crippen LogP contribution in [0.5, 0.6) is 0 Å². The Kier molecular flexibility index (Phi) is 5.13. The summed E-state index contributed by atoms with van der Waals surface area (Å²) in [6.07, 6.45) is 1.44. The SMILES string of the molecule is O=C([O-])C1CCCC1C(=O)[O-].[Ca+2]. The largest absolute Gasteiger partial charge is 2.00 e. The van der Waals surface area contributed by atoms with Crippen molar-refractivity contribution in [2.45, 2.75) is 19.3 Å². The van der Waals surface area contributed by atoms with E-state index in [1.807, 2.05) is 0 Å². The Morgan fingerprint density at radius 1 is 1.00 bits per heavy atom. The van der Waals surface area contributed by atoms with Crippen LogP contribution >= 0.6 is 0 Å². The van der Waals surface area contributed by atoms with E-state index in [0.717, 1.165) is 0 Å². The molecule has 1 aliphatic carbocycles.